The lowest BCUT2D eigenvalue weighted by Gasteiger charge is -2.20. The van der Waals surface area contributed by atoms with E-state index in [1.165, 1.54) is 11.3 Å². The topological polar surface area (TPSA) is 91.2 Å². The number of nitrogens with one attached hydrogen (secondary N) is 1. The molecule has 0 bridgehead atoms. The molecular formula is C15H19N5O3S. The molecule has 1 saturated carbocycles. The molecule has 1 aliphatic carbocycles. The Morgan fingerprint density at radius 2 is 2.25 bits per heavy atom. The first-order chi connectivity index (χ1) is 11.7. The molecule has 0 spiro atoms. The second-order valence-corrected chi connectivity index (χ2v) is 7.17. The molecule has 3 heterocycles. The van der Waals surface area contributed by atoms with Gasteiger partial charge in [-0.25, -0.2) is 4.68 Å². The van der Waals surface area contributed by atoms with E-state index in [4.69, 9.17) is 9.47 Å². The van der Waals surface area contributed by atoms with Gasteiger partial charge in [0.25, 0.3) is 5.56 Å². The van der Waals surface area contributed by atoms with Crippen molar-refractivity contribution in [1.29, 1.82) is 0 Å². The van der Waals surface area contributed by atoms with Crippen molar-refractivity contribution in [3.8, 4) is 0 Å². The largest absolute Gasteiger partial charge is 0.377 e. The molecule has 1 saturated heterocycles. The van der Waals surface area contributed by atoms with E-state index in [1.807, 2.05) is 6.07 Å². The Morgan fingerprint density at radius 3 is 3.04 bits per heavy atom. The van der Waals surface area contributed by atoms with Crippen LogP contribution in [0.4, 0.5) is 5.13 Å². The SMILES string of the molecule is COCc1nnc(NC2COCC2n2nc(C3CC3)ccc2=O)s1. The fourth-order valence-corrected chi connectivity index (χ4v) is 3.62. The first-order valence-corrected chi connectivity index (χ1v) is 8.81. The average Bonchev–Trinajstić information content (AvgIpc) is 3.18. The third kappa shape index (κ3) is 3.19. The Labute approximate surface area is 142 Å². The van der Waals surface area contributed by atoms with Gasteiger partial charge in [0.15, 0.2) is 0 Å². The highest BCUT2D eigenvalue weighted by Crippen LogP contribution is 2.38. The molecule has 2 unspecified atom stereocenters. The Morgan fingerprint density at radius 1 is 1.38 bits per heavy atom. The van der Waals surface area contributed by atoms with E-state index in [1.54, 1.807) is 17.9 Å². The van der Waals surface area contributed by atoms with Gasteiger partial charge in [0.2, 0.25) is 5.13 Å². The van der Waals surface area contributed by atoms with Crippen LogP contribution in [-0.4, -0.2) is 46.3 Å². The van der Waals surface area contributed by atoms with Crippen molar-refractivity contribution in [2.45, 2.75) is 37.5 Å². The highest BCUT2D eigenvalue weighted by Gasteiger charge is 2.33. The van der Waals surface area contributed by atoms with E-state index >= 15 is 0 Å². The molecule has 2 atom stereocenters. The minimum atomic E-state index is -0.147. The molecule has 4 rings (SSSR count). The standard InChI is InChI=1S/C15H19N5O3S/c1-22-8-13-17-18-15(24-13)16-11-6-23-7-12(11)20-14(21)5-4-10(19-20)9-2-3-9/h4-5,9,11-12H,2-3,6-8H2,1H3,(H,16,18). The molecule has 2 aromatic heterocycles. The number of rotatable bonds is 6. The molecule has 2 aliphatic rings. The molecule has 2 aromatic rings. The summed E-state index contributed by atoms with van der Waals surface area (Å²) in [5.41, 5.74) is 0.901. The van der Waals surface area contributed by atoms with Crippen LogP contribution in [0.5, 0.6) is 0 Å². The normalized spacial score (nSPS) is 23.5. The molecule has 1 N–H and O–H groups in total. The number of hydrogen-bond acceptors (Lipinski definition) is 8. The van der Waals surface area contributed by atoms with Gasteiger partial charge < -0.3 is 14.8 Å². The molecular weight excluding hydrogens is 330 g/mol. The summed E-state index contributed by atoms with van der Waals surface area (Å²) in [5.74, 6) is 0.505. The summed E-state index contributed by atoms with van der Waals surface area (Å²) in [6.07, 6.45) is 2.31. The minimum Gasteiger partial charge on any atom is -0.377 e. The maximum absolute atomic E-state index is 12.3. The van der Waals surface area contributed by atoms with Gasteiger partial charge >= 0.3 is 0 Å². The Bertz CT molecular complexity index is 772. The van der Waals surface area contributed by atoms with Gasteiger partial charge in [0.1, 0.15) is 17.7 Å². The zero-order valence-corrected chi connectivity index (χ0v) is 14.2. The second-order valence-electron chi connectivity index (χ2n) is 6.10. The lowest BCUT2D eigenvalue weighted by molar-refractivity contribution is 0.182. The van der Waals surface area contributed by atoms with E-state index in [9.17, 15) is 4.79 Å². The lowest BCUT2D eigenvalue weighted by atomic mass is 10.2. The Balaban J connectivity index is 1.54. The highest BCUT2D eigenvalue weighted by atomic mass is 32.1. The van der Waals surface area contributed by atoms with E-state index in [0.717, 1.165) is 23.5 Å². The number of anilines is 1. The van der Waals surface area contributed by atoms with Crippen LogP contribution < -0.4 is 10.9 Å². The smallest absolute Gasteiger partial charge is 0.267 e. The first-order valence-electron chi connectivity index (χ1n) is 8.00. The van der Waals surface area contributed by atoms with Crippen molar-refractivity contribution in [2.75, 3.05) is 25.6 Å². The van der Waals surface area contributed by atoms with Gasteiger partial charge in [-0.15, -0.1) is 10.2 Å². The van der Waals surface area contributed by atoms with Crippen molar-refractivity contribution < 1.29 is 9.47 Å². The molecule has 128 valence electrons. The maximum Gasteiger partial charge on any atom is 0.267 e. The first kappa shape index (κ1) is 15.7. The molecule has 9 heteroatoms. The lowest BCUT2D eigenvalue weighted by Crippen LogP contribution is -2.37. The van der Waals surface area contributed by atoms with Crippen molar-refractivity contribution in [2.24, 2.45) is 0 Å². The van der Waals surface area contributed by atoms with Crippen LogP contribution in [0.15, 0.2) is 16.9 Å². The number of methoxy groups -OCH3 is 1. The fraction of sp³-hybridized carbons (Fsp3) is 0.600. The summed E-state index contributed by atoms with van der Waals surface area (Å²) < 4.78 is 12.2. The van der Waals surface area contributed by atoms with Crippen LogP contribution in [0.3, 0.4) is 0 Å². The van der Waals surface area contributed by atoms with E-state index in [2.05, 4.69) is 20.6 Å². The third-order valence-electron chi connectivity index (χ3n) is 4.25. The Kier molecular flexibility index (Phi) is 4.30. The maximum atomic E-state index is 12.3. The van der Waals surface area contributed by atoms with E-state index in [0.29, 0.717) is 30.9 Å². The molecule has 24 heavy (non-hydrogen) atoms. The highest BCUT2D eigenvalue weighted by molar-refractivity contribution is 7.15. The van der Waals surface area contributed by atoms with Gasteiger partial charge in [0.05, 0.1) is 24.9 Å². The van der Waals surface area contributed by atoms with E-state index < -0.39 is 0 Å². The van der Waals surface area contributed by atoms with Crippen LogP contribution in [0, 0.1) is 0 Å². The van der Waals surface area contributed by atoms with Gasteiger partial charge in [-0.3, -0.25) is 4.79 Å². The number of nitrogens with zero attached hydrogens (tertiary/aromatic N) is 4. The quantitative estimate of drug-likeness (QED) is 0.837. The second kappa shape index (κ2) is 6.58. The van der Waals surface area contributed by atoms with Crippen molar-refractivity contribution in [3.63, 3.8) is 0 Å². The van der Waals surface area contributed by atoms with Crippen LogP contribution in [0.2, 0.25) is 0 Å². The summed E-state index contributed by atoms with van der Waals surface area (Å²) in [7, 11) is 1.63. The minimum absolute atomic E-state index is 0.0620. The van der Waals surface area contributed by atoms with Crippen molar-refractivity contribution >= 4 is 16.5 Å². The Hall–Kier alpha value is -1.84. The molecule has 0 aromatic carbocycles. The van der Waals surface area contributed by atoms with Crippen LogP contribution in [-0.2, 0) is 16.1 Å². The zero-order chi connectivity index (χ0) is 16.5. The molecule has 0 amide bonds. The summed E-state index contributed by atoms with van der Waals surface area (Å²) in [5, 5.41) is 17.6. The zero-order valence-electron chi connectivity index (χ0n) is 13.3. The van der Waals surface area contributed by atoms with Crippen LogP contribution in [0.1, 0.15) is 35.5 Å². The van der Waals surface area contributed by atoms with Gasteiger partial charge in [-0.05, 0) is 18.9 Å². The van der Waals surface area contributed by atoms with Gasteiger partial charge in [-0.1, -0.05) is 11.3 Å². The summed E-state index contributed by atoms with van der Waals surface area (Å²) in [6.45, 7) is 1.41. The summed E-state index contributed by atoms with van der Waals surface area (Å²) in [6, 6.07) is 3.24. The van der Waals surface area contributed by atoms with Gasteiger partial charge in [-0.2, -0.15) is 5.10 Å². The average molecular weight is 349 g/mol. The third-order valence-corrected chi connectivity index (χ3v) is 5.08. The van der Waals surface area contributed by atoms with Crippen molar-refractivity contribution in [3.05, 3.63) is 33.2 Å². The summed E-state index contributed by atoms with van der Waals surface area (Å²) >= 11 is 1.44. The molecule has 2 fully saturated rings. The molecule has 0 radical (unpaired) electrons. The number of aromatic nitrogens is 4. The predicted octanol–water partition coefficient (Wildman–Crippen LogP) is 1.17. The van der Waals surface area contributed by atoms with Gasteiger partial charge in [0, 0.05) is 19.1 Å². The fourth-order valence-electron chi connectivity index (χ4n) is 2.85. The van der Waals surface area contributed by atoms with Crippen molar-refractivity contribution in [1.82, 2.24) is 20.0 Å². The monoisotopic (exact) mass is 349 g/mol. The summed E-state index contributed by atoms with van der Waals surface area (Å²) in [4.78, 5) is 12.3. The van der Waals surface area contributed by atoms with E-state index in [-0.39, 0.29) is 17.6 Å². The molecule has 1 aliphatic heterocycles. The predicted molar refractivity (Wildman–Crippen MR) is 88.4 cm³/mol. The number of ether oxygens (including phenoxy) is 2. The van der Waals surface area contributed by atoms with Crippen LogP contribution >= 0.6 is 11.3 Å². The van der Waals surface area contributed by atoms with Crippen LogP contribution in [0.25, 0.3) is 0 Å². The number of hydrogen-bond donors (Lipinski definition) is 1. The molecule has 8 nitrogen and oxygen atoms in total.